The fourth-order valence-corrected chi connectivity index (χ4v) is 2.46. The zero-order valence-corrected chi connectivity index (χ0v) is 9.68. The van der Waals surface area contributed by atoms with E-state index in [9.17, 15) is 4.79 Å². The molecule has 0 unspecified atom stereocenters. The minimum absolute atomic E-state index is 0.121. The third kappa shape index (κ3) is 1.60. The van der Waals surface area contributed by atoms with E-state index in [1.54, 1.807) is 6.33 Å². The van der Waals surface area contributed by atoms with Crippen molar-refractivity contribution >= 4 is 17.0 Å². The number of aromatic nitrogens is 2. The van der Waals surface area contributed by atoms with Crippen LogP contribution in [0.15, 0.2) is 24.5 Å². The molecule has 0 atom stereocenters. The van der Waals surface area contributed by atoms with E-state index in [-0.39, 0.29) is 11.8 Å². The first kappa shape index (κ1) is 10.3. The van der Waals surface area contributed by atoms with Crippen molar-refractivity contribution in [2.75, 3.05) is 0 Å². The van der Waals surface area contributed by atoms with Gasteiger partial charge in [0.2, 0.25) is 0 Å². The molecule has 0 bridgehead atoms. The van der Waals surface area contributed by atoms with Gasteiger partial charge in [-0.1, -0.05) is 6.07 Å². The highest BCUT2D eigenvalue weighted by atomic mass is 16.4. The quantitative estimate of drug-likeness (QED) is 0.878. The number of carbonyl (C=O) groups is 1. The number of hydrogen-bond acceptors (Lipinski definition) is 2. The maximum Gasteiger partial charge on any atom is 0.304 e. The Labute approximate surface area is 98.9 Å². The van der Waals surface area contributed by atoms with Gasteiger partial charge < -0.3 is 9.67 Å². The van der Waals surface area contributed by atoms with Gasteiger partial charge in [-0.15, -0.1) is 0 Å². The van der Waals surface area contributed by atoms with E-state index in [2.05, 4.69) is 11.1 Å². The van der Waals surface area contributed by atoms with E-state index in [0.717, 1.165) is 29.4 Å². The summed E-state index contributed by atoms with van der Waals surface area (Å²) in [6.07, 6.45) is 3.97. The molecule has 1 fully saturated rings. The fraction of sp³-hybridized carbons (Fsp3) is 0.385. The number of imidazole rings is 1. The predicted octanol–water partition coefficient (Wildman–Crippen LogP) is 2.08. The summed E-state index contributed by atoms with van der Waals surface area (Å²) in [6.45, 7) is 0. The lowest BCUT2D eigenvalue weighted by Gasteiger charge is -2.13. The zero-order chi connectivity index (χ0) is 12.0. The predicted molar refractivity (Wildman–Crippen MR) is 63.9 cm³/mol. The molecule has 2 aromatic rings. The minimum atomic E-state index is -0.715. The Balaban J connectivity index is 2.06. The van der Waals surface area contributed by atoms with Gasteiger partial charge in [-0.3, -0.25) is 4.79 Å². The van der Waals surface area contributed by atoms with Crippen LogP contribution < -0.4 is 0 Å². The van der Waals surface area contributed by atoms with Crippen molar-refractivity contribution in [3.8, 4) is 0 Å². The van der Waals surface area contributed by atoms with Crippen molar-refractivity contribution in [3.63, 3.8) is 0 Å². The lowest BCUT2D eigenvalue weighted by molar-refractivity contribution is -0.137. The number of aryl methyl sites for hydroxylation is 1. The maximum atomic E-state index is 10.9. The second-order valence-electron chi connectivity index (χ2n) is 4.91. The topological polar surface area (TPSA) is 55.1 Å². The van der Waals surface area contributed by atoms with Gasteiger partial charge in [-0.05, 0) is 30.5 Å². The van der Waals surface area contributed by atoms with E-state index in [4.69, 9.17) is 5.11 Å². The second kappa shape index (κ2) is 3.32. The molecule has 1 aromatic carbocycles. The lowest BCUT2D eigenvalue weighted by atomic mass is 9.92. The highest BCUT2D eigenvalue weighted by Crippen LogP contribution is 2.51. The number of hydrogen-bond donors (Lipinski definition) is 1. The van der Waals surface area contributed by atoms with Gasteiger partial charge in [0, 0.05) is 12.5 Å². The van der Waals surface area contributed by atoms with Crippen molar-refractivity contribution in [1.29, 1.82) is 0 Å². The molecule has 17 heavy (non-hydrogen) atoms. The van der Waals surface area contributed by atoms with E-state index in [1.165, 1.54) is 0 Å². The molecule has 0 radical (unpaired) electrons. The molecule has 4 nitrogen and oxygen atoms in total. The Morgan fingerprint density at radius 1 is 1.53 bits per heavy atom. The highest BCUT2D eigenvalue weighted by molar-refractivity contribution is 5.77. The first-order valence-electron chi connectivity index (χ1n) is 5.74. The average Bonchev–Trinajstić information content (AvgIpc) is 2.97. The van der Waals surface area contributed by atoms with Gasteiger partial charge in [0.05, 0.1) is 23.8 Å². The molecule has 0 saturated heterocycles. The number of carboxylic acids is 1. The van der Waals surface area contributed by atoms with E-state index < -0.39 is 5.97 Å². The summed E-state index contributed by atoms with van der Waals surface area (Å²) in [6, 6.07) is 6.08. The minimum Gasteiger partial charge on any atom is -0.481 e. The van der Waals surface area contributed by atoms with Crippen molar-refractivity contribution < 1.29 is 9.90 Å². The third-order valence-electron chi connectivity index (χ3n) is 3.68. The molecular weight excluding hydrogens is 216 g/mol. The Hall–Kier alpha value is -1.84. The molecular formula is C13H14N2O2. The number of carboxylic acid groups (broad SMARTS) is 1. The summed E-state index contributed by atoms with van der Waals surface area (Å²) in [4.78, 5) is 15.2. The Bertz CT molecular complexity index is 596. The third-order valence-corrected chi connectivity index (χ3v) is 3.68. The van der Waals surface area contributed by atoms with Crippen LogP contribution in [0.2, 0.25) is 0 Å². The van der Waals surface area contributed by atoms with Gasteiger partial charge in [0.15, 0.2) is 0 Å². The molecule has 1 aliphatic rings. The summed E-state index contributed by atoms with van der Waals surface area (Å²) in [5.74, 6) is -0.715. The first-order valence-corrected chi connectivity index (χ1v) is 5.74. The monoisotopic (exact) mass is 230 g/mol. The van der Waals surface area contributed by atoms with Gasteiger partial charge in [-0.25, -0.2) is 4.98 Å². The van der Waals surface area contributed by atoms with Crippen molar-refractivity contribution in [2.24, 2.45) is 7.05 Å². The molecule has 1 aromatic heterocycles. The molecule has 4 heteroatoms. The summed E-state index contributed by atoms with van der Waals surface area (Å²) in [7, 11) is 1.95. The van der Waals surface area contributed by atoms with Crippen molar-refractivity contribution in [3.05, 3.63) is 30.1 Å². The van der Waals surface area contributed by atoms with Crippen LogP contribution >= 0.6 is 0 Å². The Kier molecular flexibility index (Phi) is 2.02. The van der Waals surface area contributed by atoms with E-state index in [1.807, 2.05) is 23.7 Å². The van der Waals surface area contributed by atoms with Gasteiger partial charge in [0.1, 0.15) is 0 Å². The summed E-state index contributed by atoms with van der Waals surface area (Å²) in [5.41, 5.74) is 3.04. The number of rotatable bonds is 3. The summed E-state index contributed by atoms with van der Waals surface area (Å²) >= 11 is 0. The van der Waals surface area contributed by atoms with Crippen LogP contribution in [0.25, 0.3) is 11.0 Å². The molecule has 0 spiro atoms. The molecule has 1 N–H and O–H groups in total. The highest BCUT2D eigenvalue weighted by Gasteiger charge is 2.46. The Morgan fingerprint density at radius 2 is 2.29 bits per heavy atom. The first-order chi connectivity index (χ1) is 8.11. The number of benzene rings is 1. The number of nitrogens with zero attached hydrogens (tertiary/aromatic N) is 2. The fourth-order valence-electron chi connectivity index (χ4n) is 2.46. The molecule has 1 aliphatic carbocycles. The Morgan fingerprint density at radius 3 is 2.94 bits per heavy atom. The second-order valence-corrected chi connectivity index (χ2v) is 4.91. The van der Waals surface area contributed by atoms with Crippen molar-refractivity contribution in [2.45, 2.75) is 24.7 Å². The molecule has 88 valence electrons. The van der Waals surface area contributed by atoms with Crippen LogP contribution in [0.4, 0.5) is 0 Å². The largest absolute Gasteiger partial charge is 0.481 e. The van der Waals surface area contributed by atoms with E-state index in [0.29, 0.717) is 0 Å². The lowest BCUT2D eigenvalue weighted by Crippen LogP contribution is -2.12. The molecule has 1 heterocycles. The molecule has 3 rings (SSSR count). The average molecular weight is 230 g/mol. The van der Waals surface area contributed by atoms with Crippen LogP contribution in [-0.2, 0) is 17.3 Å². The summed E-state index contributed by atoms with van der Waals surface area (Å²) in [5, 5.41) is 8.96. The standard InChI is InChI=1S/C13H14N2O2/c1-15-8-14-10-3-2-9(6-11(10)15)13(4-5-13)7-12(16)17/h2-3,6,8H,4-5,7H2,1H3,(H,16,17). The molecule has 0 amide bonds. The molecule has 0 aliphatic heterocycles. The van der Waals surface area contributed by atoms with Crippen LogP contribution in [0.5, 0.6) is 0 Å². The summed E-state index contributed by atoms with van der Waals surface area (Å²) < 4.78 is 1.97. The number of aliphatic carboxylic acids is 1. The number of fused-ring (bicyclic) bond motifs is 1. The van der Waals surface area contributed by atoms with Crippen LogP contribution in [0.1, 0.15) is 24.8 Å². The van der Waals surface area contributed by atoms with Gasteiger partial charge in [0.25, 0.3) is 0 Å². The van der Waals surface area contributed by atoms with Crippen molar-refractivity contribution in [1.82, 2.24) is 9.55 Å². The SMILES string of the molecule is Cn1cnc2ccc(C3(CC(=O)O)CC3)cc21. The van der Waals surface area contributed by atoms with Crippen LogP contribution in [-0.4, -0.2) is 20.6 Å². The zero-order valence-electron chi connectivity index (χ0n) is 9.68. The van der Waals surface area contributed by atoms with E-state index >= 15 is 0 Å². The van der Waals surface area contributed by atoms with Gasteiger partial charge in [-0.2, -0.15) is 0 Å². The van der Waals surface area contributed by atoms with Crippen LogP contribution in [0.3, 0.4) is 0 Å². The molecule has 1 saturated carbocycles. The smallest absolute Gasteiger partial charge is 0.304 e. The van der Waals surface area contributed by atoms with Crippen LogP contribution in [0, 0.1) is 0 Å². The van der Waals surface area contributed by atoms with Gasteiger partial charge >= 0.3 is 5.97 Å². The maximum absolute atomic E-state index is 10.9. The normalized spacial score (nSPS) is 17.2.